The Kier molecular flexibility index (Phi) is 5.26. The fourth-order valence-electron chi connectivity index (χ4n) is 3.44. The van der Waals surface area contributed by atoms with E-state index in [0.29, 0.717) is 6.04 Å². The highest BCUT2D eigenvalue weighted by molar-refractivity contribution is 4.89. The van der Waals surface area contributed by atoms with Crippen molar-refractivity contribution in [1.82, 2.24) is 10.2 Å². The topological polar surface area (TPSA) is 41.3 Å². The molecule has 3 N–H and O–H groups in total. The summed E-state index contributed by atoms with van der Waals surface area (Å²) in [4.78, 5) is 2.79. The molecule has 2 heterocycles. The van der Waals surface area contributed by atoms with Crippen molar-refractivity contribution in [2.45, 2.75) is 70.0 Å². The predicted octanol–water partition coefficient (Wildman–Crippen LogP) is 1.72. The van der Waals surface area contributed by atoms with E-state index in [1.54, 1.807) is 0 Å². The second-order valence-corrected chi connectivity index (χ2v) is 5.80. The molecular weight excluding hydrogens is 210 g/mol. The van der Waals surface area contributed by atoms with Crippen LogP contribution in [0.5, 0.6) is 0 Å². The largest absolute Gasteiger partial charge is 0.328 e. The van der Waals surface area contributed by atoms with Crippen LogP contribution in [-0.4, -0.2) is 42.7 Å². The van der Waals surface area contributed by atoms with Crippen LogP contribution < -0.4 is 11.1 Å². The number of rotatable bonds is 4. The van der Waals surface area contributed by atoms with E-state index in [0.717, 1.165) is 12.1 Å². The number of likely N-dealkylation sites (tertiary alicyclic amines) is 1. The van der Waals surface area contributed by atoms with Gasteiger partial charge in [-0.3, -0.25) is 4.90 Å². The van der Waals surface area contributed by atoms with Gasteiger partial charge in [-0.05, 0) is 45.2 Å². The molecule has 0 bridgehead atoms. The summed E-state index contributed by atoms with van der Waals surface area (Å²) in [7, 11) is 0. The zero-order valence-electron chi connectivity index (χ0n) is 11.3. The maximum atomic E-state index is 6.15. The third-order valence-corrected chi connectivity index (χ3v) is 4.47. The third kappa shape index (κ3) is 3.67. The number of hydrogen-bond donors (Lipinski definition) is 2. The van der Waals surface area contributed by atoms with Gasteiger partial charge in [-0.25, -0.2) is 0 Å². The molecule has 0 radical (unpaired) electrons. The van der Waals surface area contributed by atoms with Gasteiger partial charge in [0, 0.05) is 24.7 Å². The summed E-state index contributed by atoms with van der Waals surface area (Å²) in [6.07, 6.45) is 9.12. The highest BCUT2D eigenvalue weighted by Gasteiger charge is 2.31. The second kappa shape index (κ2) is 6.72. The minimum Gasteiger partial charge on any atom is -0.328 e. The Bertz CT molecular complexity index is 214. The van der Waals surface area contributed by atoms with Crippen LogP contribution in [0.3, 0.4) is 0 Å². The number of piperidine rings is 2. The van der Waals surface area contributed by atoms with Crippen molar-refractivity contribution >= 4 is 0 Å². The average molecular weight is 239 g/mol. The van der Waals surface area contributed by atoms with Crippen LogP contribution in [0.4, 0.5) is 0 Å². The Labute approximate surface area is 106 Å². The lowest BCUT2D eigenvalue weighted by molar-refractivity contribution is 0.0627. The first-order chi connectivity index (χ1) is 8.31. The maximum Gasteiger partial charge on any atom is 0.0122 e. The summed E-state index contributed by atoms with van der Waals surface area (Å²) in [6.45, 7) is 5.93. The van der Waals surface area contributed by atoms with Gasteiger partial charge in [0.1, 0.15) is 0 Å². The van der Waals surface area contributed by atoms with Gasteiger partial charge in [-0.2, -0.15) is 0 Å². The zero-order valence-corrected chi connectivity index (χ0v) is 11.3. The highest BCUT2D eigenvalue weighted by Crippen LogP contribution is 2.26. The summed E-state index contributed by atoms with van der Waals surface area (Å²) < 4.78 is 0. The molecule has 0 aromatic carbocycles. The molecule has 2 aliphatic heterocycles. The van der Waals surface area contributed by atoms with Gasteiger partial charge in [0.15, 0.2) is 0 Å². The van der Waals surface area contributed by atoms with Crippen LogP contribution in [0.2, 0.25) is 0 Å². The molecule has 2 rings (SSSR count). The van der Waals surface area contributed by atoms with Crippen molar-refractivity contribution in [3.8, 4) is 0 Å². The lowest BCUT2D eigenvalue weighted by Crippen LogP contribution is -2.53. The number of nitrogens with two attached hydrogens (primary N) is 1. The van der Waals surface area contributed by atoms with Crippen LogP contribution in [0.25, 0.3) is 0 Å². The van der Waals surface area contributed by atoms with E-state index in [-0.39, 0.29) is 0 Å². The van der Waals surface area contributed by atoms with Gasteiger partial charge in [0.2, 0.25) is 0 Å². The van der Waals surface area contributed by atoms with Gasteiger partial charge < -0.3 is 11.1 Å². The Morgan fingerprint density at radius 2 is 2.00 bits per heavy atom. The molecule has 0 amide bonds. The molecule has 2 atom stereocenters. The van der Waals surface area contributed by atoms with Crippen molar-refractivity contribution in [2.24, 2.45) is 5.73 Å². The van der Waals surface area contributed by atoms with E-state index in [1.165, 1.54) is 64.6 Å². The summed E-state index contributed by atoms with van der Waals surface area (Å²) in [6, 6.07) is 2.04. The minimum absolute atomic E-state index is 0.454. The van der Waals surface area contributed by atoms with Crippen LogP contribution >= 0.6 is 0 Å². The Balaban J connectivity index is 1.91. The Morgan fingerprint density at radius 1 is 1.24 bits per heavy atom. The van der Waals surface area contributed by atoms with E-state index in [4.69, 9.17) is 5.73 Å². The van der Waals surface area contributed by atoms with Crippen LogP contribution in [0.1, 0.15) is 51.9 Å². The smallest absolute Gasteiger partial charge is 0.0122 e. The van der Waals surface area contributed by atoms with Crippen LogP contribution in [-0.2, 0) is 0 Å². The first kappa shape index (κ1) is 13.3. The van der Waals surface area contributed by atoms with E-state index >= 15 is 0 Å². The highest BCUT2D eigenvalue weighted by atomic mass is 15.2. The summed E-state index contributed by atoms with van der Waals surface area (Å²) in [5.41, 5.74) is 6.15. The van der Waals surface area contributed by atoms with Gasteiger partial charge in [-0.1, -0.05) is 19.8 Å². The molecule has 0 saturated carbocycles. The van der Waals surface area contributed by atoms with E-state index in [9.17, 15) is 0 Å². The summed E-state index contributed by atoms with van der Waals surface area (Å²) in [5.74, 6) is 0. The Hall–Kier alpha value is -0.120. The van der Waals surface area contributed by atoms with Gasteiger partial charge >= 0.3 is 0 Å². The van der Waals surface area contributed by atoms with Gasteiger partial charge in [-0.15, -0.1) is 0 Å². The molecule has 2 aliphatic rings. The quantitative estimate of drug-likeness (QED) is 0.785. The molecule has 17 heavy (non-hydrogen) atoms. The van der Waals surface area contributed by atoms with Gasteiger partial charge in [0.05, 0.1) is 0 Å². The summed E-state index contributed by atoms with van der Waals surface area (Å²) >= 11 is 0. The van der Waals surface area contributed by atoms with E-state index in [1.807, 2.05) is 0 Å². The number of hydrogen-bond acceptors (Lipinski definition) is 3. The molecule has 0 aromatic rings. The molecule has 0 aliphatic carbocycles. The fourth-order valence-corrected chi connectivity index (χ4v) is 3.44. The van der Waals surface area contributed by atoms with Crippen molar-refractivity contribution in [3.63, 3.8) is 0 Å². The molecule has 2 saturated heterocycles. The number of nitrogens with zero attached hydrogens (tertiary/aromatic N) is 1. The molecule has 3 nitrogen and oxygen atoms in total. The zero-order chi connectivity index (χ0) is 12.1. The molecule has 3 heteroatoms. The lowest BCUT2D eigenvalue weighted by Gasteiger charge is -2.44. The maximum absolute atomic E-state index is 6.15. The Morgan fingerprint density at radius 3 is 2.71 bits per heavy atom. The second-order valence-electron chi connectivity index (χ2n) is 5.80. The van der Waals surface area contributed by atoms with Crippen molar-refractivity contribution in [3.05, 3.63) is 0 Å². The first-order valence-corrected chi connectivity index (χ1v) is 7.53. The molecule has 0 aromatic heterocycles. The van der Waals surface area contributed by atoms with E-state index in [2.05, 4.69) is 17.1 Å². The monoisotopic (exact) mass is 239 g/mol. The fraction of sp³-hybridized carbons (Fsp3) is 1.00. The molecule has 2 unspecified atom stereocenters. The average Bonchev–Trinajstić information content (AvgIpc) is 2.37. The van der Waals surface area contributed by atoms with Gasteiger partial charge in [0.25, 0.3) is 0 Å². The van der Waals surface area contributed by atoms with Crippen molar-refractivity contribution in [2.75, 3.05) is 19.6 Å². The number of unbranched alkanes of at least 4 members (excludes halogenated alkanes) is 1. The standard InChI is InChI=1S/C14H29N3/c1-2-3-4-14-11-12(15)7-10-17(14)13-5-8-16-9-6-13/h12-14,16H,2-11,15H2,1H3. The number of nitrogens with one attached hydrogen (secondary N) is 1. The third-order valence-electron chi connectivity index (χ3n) is 4.47. The van der Waals surface area contributed by atoms with Crippen LogP contribution in [0.15, 0.2) is 0 Å². The van der Waals surface area contributed by atoms with Crippen molar-refractivity contribution in [1.29, 1.82) is 0 Å². The summed E-state index contributed by atoms with van der Waals surface area (Å²) in [5, 5.41) is 3.47. The van der Waals surface area contributed by atoms with Crippen LogP contribution in [0, 0.1) is 0 Å². The lowest BCUT2D eigenvalue weighted by atomic mass is 9.90. The first-order valence-electron chi connectivity index (χ1n) is 7.53. The molecular formula is C14H29N3. The molecule has 0 spiro atoms. The molecule has 100 valence electrons. The van der Waals surface area contributed by atoms with E-state index < -0.39 is 0 Å². The minimum atomic E-state index is 0.454. The van der Waals surface area contributed by atoms with Crippen molar-refractivity contribution < 1.29 is 0 Å². The predicted molar refractivity (Wildman–Crippen MR) is 73.1 cm³/mol. The SMILES string of the molecule is CCCCC1CC(N)CCN1C1CCNCC1. The normalized spacial score (nSPS) is 32.8. The molecule has 2 fully saturated rings.